The third kappa shape index (κ3) is 4.71. The highest BCUT2D eigenvalue weighted by Crippen LogP contribution is 2.28. The van der Waals surface area contributed by atoms with Crippen molar-refractivity contribution in [2.75, 3.05) is 26.2 Å². The number of esters is 1. The van der Waals surface area contributed by atoms with E-state index in [1.54, 1.807) is 11.8 Å². The van der Waals surface area contributed by atoms with Crippen LogP contribution in [0.15, 0.2) is 0 Å². The number of piperidine rings is 1. The standard InChI is InChI=1S/C12H17F3N2O2/c1-2-19-11(18)9-3-5-17(6-4-9)8-10(7-16)12(13,14)15/h9-10H,2-6,8H2,1H3. The highest BCUT2D eigenvalue weighted by atomic mass is 19.4. The molecule has 0 aliphatic carbocycles. The number of alkyl halides is 3. The van der Waals surface area contributed by atoms with E-state index in [1.807, 2.05) is 0 Å². The van der Waals surface area contributed by atoms with E-state index in [-0.39, 0.29) is 18.4 Å². The Morgan fingerprint density at radius 3 is 2.47 bits per heavy atom. The maximum atomic E-state index is 12.5. The molecule has 0 aromatic rings. The van der Waals surface area contributed by atoms with Crippen LogP contribution in [0.1, 0.15) is 19.8 Å². The van der Waals surface area contributed by atoms with E-state index in [0.29, 0.717) is 32.5 Å². The number of hydrogen-bond acceptors (Lipinski definition) is 4. The van der Waals surface area contributed by atoms with Crippen LogP contribution in [0.3, 0.4) is 0 Å². The Morgan fingerprint density at radius 1 is 1.47 bits per heavy atom. The predicted octanol–water partition coefficient (Wildman–Crippen LogP) is 1.96. The Balaban J connectivity index is 2.42. The molecule has 0 aromatic carbocycles. The third-order valence-corrected chi connectivity index (χ3v) is 3.20. The molecule has 1 aliphatic rings. The van der Waals surface area contributed by atoms with E-state index in [4.69, 9.17) is 10.00 Å². The molecule has 1 aliphatic heterocycles. The lowest BCUT2D eigenvalue weighted by atomic mass is 9.96. The van der Waals surface area contributed by atoms with E-state index in [1.165, 1.54) is 6.07 Å². The number of ether oxygens (including phenoxy) is 1. The molecule has 1 fully saturated rings. The van der Waals surface area contributed by atoms with Gasteiger partial charge in [-0.3, -0.25) is 4.79 Å². The van der Waals surface area contributed by atoms with E-state index in [9.17, 15) is 18.0 Å². The van der Waals surface area contributed by atoms with Gasteiger partial charge in [0.2, 0.25) is 0 Å². The van der Waals surface area contributed by atoms with Gasteiger partial charge in [-0.25, -0.2) is 0 Å². The maximum Gasteiger partial charge on any atom is 0.405 e. The number of carbonyl (C=O) groups is 1. The van der Waals surface area contributed by atoms with Crippen LogP contribution in [0, 0.1) is 23.2 Å². The summed E-state index contributed by atoms with van der Waals surface area (Å²) in [6.45, 7) is 2.47. The average molecular weight is 278 g/mol. The minimum absolute atomic E-state index is 0.234. The van der Waals surface area contributed by atoms with Gasteiger partial charge in [0, 0.05) is 6.54 Å². The van der Waals surface area contributed by atoms with Gasteiger partial charge in [0.25, 0.3) is 0 Å². The number of halogens is 3. The monoisotopic (exact) mass is 278 g/mol. The zero-order valence-corrected chi connectivity index (χ0v) is 10.7. The molecule has 0 spiro atoms. The lowest BCUT2D eigenvalue weighted by molar-refractivity contribution is -0.165. The van der Waals surface area contributed by atoms with Crippen LogP contribution in [0.25, 0.3) is 0 Å². The normalized spacial score (nSPS) is 19.7. The molecule has 1 rings (SSSR count). The second-order valence-electron chi connectivity index (χ2n) is 4.55. The van der Waals surface area contributed by atoms with E-state index in [0.717, 1.165) is 0 Å². The van der Waals surface area contributed by atoms with Gasteiger partial charge in [-0.15, -0.1) is 0 Å². The molecule has 0 saturated carbocycles. The summed E-state index contributed by atoms with van der Waals surface area (Å²) in [5, 5.41) is 8.53. The SMILES string of the molecule is CCOC(=O)C1CCN(CC(C#N)C(F)(F)F)CC1. The minimum atomic E-state index is -4.49. The first-order chi connectivity index (χ1) is 8.88. The van der Waals surface area contributed by atoms with Crippen molar-refractivity contribution in [1.29, 1.82) is 5.26 Å². The summed E-state index contributed by atoms with van der Waals surface area (Å²) in [6.07, 6.45) is -3.53. The maximum absolute atomic E-state index is 12.5. The van der Waals surface area contributed by atoms with Crippen molar-refractivity contribution in [3.05, 3.63) is 0 Å². The molecular weight excluding hydrogens is 261 g/mol. The van der Waals surface area contributed by atoms with Crippen LogP contribution in [-0.2, 0) is 9.53 Å². The zero-order valence-electron chi connectivity index (χ0n) is 10.7. The van der Waals surface area contributed by atoms with Crippen LogP contribution < -0.4 is 0 Å². The smallest absolute Gasteiger partial charge is 0.405 e. The molecule has 1 unspecified atom stereocenters. The number of likely N-dealkylation sites (tertiary alicyclic amines) is 1. The fourth-order valence-electron chi connectivity index (χ4n) is 2.09. The lowest BCUT2D eigenvalue weighted by Gasteiger charge is -2.32. The molecule has 0 bridgehead atoms. The van der Waals surface area contributed by atoms with Gasteiger partial charge >= 0.3 is 12.1 Å². The molecule has 7 heteroatoms. The van der Waals surface area contributed by atoms with Crippen LogP contribution in [0.2, 0.25) is 0 Å². The summed E-state index contributed by atoms with van der Waals surface area (Å²) in [6, 6.07) is 1.29. The first-order valence-electron chi connectivity index (χ1n) is 6.23. The first-order valence-corrected chi connectivity index (χ1v) is 6.23. The fourth-order valence-corrected chi connectivity index (χ4v) is 2.09. The third-order valence-electron chi connectivity index (χ3n) is 3.20. The molecule has 0 N–H and O–H groups in total. The molecule has 0 amide bonds. The average Bonchev–Trinajstić information content (AvgIpc) is 2.35. The largest absolute Gasteiger partial charge is 0.466 e. The van der Waals surface area contributed by atoms with Crippen molar-refractivity contribution < 1.29 is 22.7 Å². The topological polar surface area (TPSA) is 53.3 Å². The summed E-state index contributed by atoms with van der Waals surface area (Å²) >= 11 is 0. The van der Waals surface area contributed by atoms with Crippen molar-refractivity contribution in [3.8, 4) is 6.07 Å². The number of hydrogen-bond donors (Lipinski definition) is 0. The molecule has 0 radical (unpaired) electrons. The quantitative estimate of drug-likeness (QED) is 0.738. The van der Waals surface area contributed by atoms with E-state index >= 15 is 0 Å². The summed E-state index contributed by atoms with van der Waals surface area (Å²) < 4.78 is 42.3. The van der Waals surface area contributed by atoms with Crippen molar-refractivity contribution >= 4 is 5.97 Å². The molecule has 1 saturated heterocycles. The molecule has 0 aromatic heterocycles. The van der Waals surface area contributed by atoms with E-state index in [2.05, 4.69) is 0 Å². The van der Waals surface area contributed by atoms with Gasteiger partial charge in [-0.05, 0) is 32.9 Å². The minimum Gasteiger partial charge on any atom is -0.466 e. The van der Waals surface area contributed by atoms with Crippen molar-refractivity contribution in [1.82, 2.24) is 4.90 Å². The second-order valence-corrected chi connectivity index (χ2v) is 4.55. The zero-order chi connectivity index (χ0) is 14.5. The van der Waals surface area contributed by atoms with E-state index < -0.39 is 12.1 Å². The molecule has 1 atom stereocenters. The molecule has 1 heterocycles. The van der Waals surface area contributed by atoms with Crippen molar-refractivity contribution in [2.24, 2.45) is 11.8 Å². The Hall–Kier alpha value is -1.29. The van der Waals surface area contributed by atoms with Gasteiger partial charge in [-0.1, -0.05) is 0 Å². The number of nitrogens with zero attached hydrogens (tertiary/aromatic N) is 2. The fraction of sp³-hybridized carbons (Fsp3) is 0.833. The molecule has 108 valence electrons. The van der Waals surface area contributed by atoms with Gasteiger partial charge in [0.15, 0.2) is 5.92 Å². The van der Waals surface area contributed by atoms with Crippen LogP contribution in [-0.4, -0.2) is 43.3 Å². The Morgan fingerprint density at radius 2 is 2.05 bits per heavy atom. The second kappa shape index (κ2) is 6.75. The number of nitriles is 1. The van der Waals surface area contributed by atoms with Crippen LogP contribution in [0.5, 0.6) is 0 Å². The van der Waals surface area contributed by atoms with Crippen molar-refractivity contribution in [3.63, 3.8) is 0 Å². The molecule has 19 heavy (non-hydrogen) atoms. The summed E-state index contributed by atoms with van der Waals surface area (Å²) in [4.78, 5) is 13.0. The molecule has 4 nitrogen and oxygen atoms in total. The summed E-state index contributed by atoms with van der Waals surface area (Å²) in [5.41, 5.74) is 0. The van der Waals surface area contributed by atoms with Gasteiger partial charge in [-0.2, -0.15) is 18.4 Å². The van der Waals surface area contributed by atoms with Crippen LogP contribution >= 0.6 is 0 Å². The predicted molar refractivity (Wildman–Crippen MR) is 61.0 cm³/mol. The number of carbonyl (C=O) groups excluding carboxylic acids is 1. The summed E-state index contributed by atoms with van der Waals surface area (Å²) in [7, 11) is 0. The Bertz CT molecular complexity index is 344. The van der Waals surface area contributed by atoms with Crippen LogP contribution in [0.4, 0.5) is 13.2 Å². The van der Waals surface area contributed by atoms with Gasteiger partial charge in [0.1, 0.15) is 0 Å². The Labute approximate surface area is 110 Å². The van der Waals surface area contributed by atoms with Gasteiger partial charge < -0.3 is 9.64 Å². The number of rotatable bonds is 4. The summed E-state index contributed by atoms with van der Waals surface area (Å²) in [5.74, 6) is -2.48. The molecular formula is C12H17F3N2O2. The highest BCUT2D eigenvalue weighted by Gasteiger charge is 2.41. The Kier molecular flexibility index (Phi) is 5.60. The highest BCUT2D eigenvalue weighted by molar-refractivity contribution is 5.72. The van der Waals surface area contributed by atoms with Crippen molar-refractivity contribution in [2.45, 2.75) is 25.9 Å². The van der Waals surface area contributed by atoms with Gasteiger partial charge in [0.05, 0.1) is 18.6 Å². The lowest BCUT2D eigenvalue weighted by Crippen LogP contribution is -2.42. The first kappa shape index (κ1) is 15.8.